The molecule has 0 saturated carbocycles. The van der Waals surface area contributed by atoms with Gasteiger partial charge in [-0.1, -0.05) is 0 Å². The lowest BCUT2D eigenvalue weighted by Gasteiger charge is -2.19. The van der Waals surface area contributed by atoms with E-state index in [9.17, 15) is 13.2 Å². The predicted octanol–water partition coefficient (Wildman–Crippen LogP) is 4.15. The van der Waals surface area contributed by atoms with Crippen LogP contribution in [0, 0.1) is 17.5 Å². The van der Waals surface area contributed by atoms with Crippen LogP contribution in [-0.4, -0.2) is 23.2 Å². The van der Waals surface area contributed by atoms with E-state index in [1.54, 1.807) is 18.2 Å². The van der Waals surface area contributed by atoms with Crippen molar-refractivity contribution in [3.63, 3.8) is 0 Å². The first-order chi connectivity index (χ1) is 13.1. The molecule has 0 spiro atoms. The van der Waals surface area contributed by atoms with Crippen LogP contribution in [0.4, 0.5) is 36.3 Å². The SMILES string of the molecule is Fc1cc(F)cc(Nc2ncc(F)c(Nc3ccc4c(c3)OCCO4)n2)c1. The van der Waals surface area contributed by atoms with Crippen LogP contribution >= 0.6 is 0 Å². The van der Waals surface area contributed by atoms with Gasteiger partial charge in [0.05, 0.1) is 6.20 Å². The molecule has 27 heavy (non-hydrogen) atoms. The molecular weight excluding hydrogens is 361 g/mol. The van der Waals surface area contributed by atoms with E-state index in [-0.39, 0.29) is 17.5 Å². The van der Waals surface area contributed by atoms with Crippen molar-refractivity contribution >= 4 is 23.1 Å². The second kappa shape index (κ2) is 7.02. The monoisotopic (exact) mass is 374 g/mol. The number of nitrogens with one attached hydrogen (secondary N) is 2. The summed E-state index contributed by atoms with van der Waals surface area (Å²) in [6, 6.07) is 7.93. The Hall–Kier alpha value is -3.49. The molecular formula is C18H13F3N4O2. The minimum atomic E-state index is -0.755. The van der Waals surface area contributed by atoms with Crippen molar-refractivity contribution in [2.75, 3.05) is 23.8 Å². The molecule has 1 aliphatic rings. The number of nitrogens with zero attached hydrogens (tertiary/aromatic N) is 2. The number of benzene rings is 2. The Kier molecular flexibility index (Phi) is 4.41. The number of fused-ring (bicyclic) bond motifs is 1. The van der Waals surface area contributed by atoms with Gasteiger partial charge in [0.1, 0.15) is 24.8 Å². The fourth-order valence-corrected chi connectivity index (χ4v) is 2.53. The van der Waals surface area contributed by atoms with Crippen LogP contribution in [0.2, 0.25) is 0 Å². The Bertz CT molecular complexity index is 980. The smallest absolute Gasteiger partial charge is 0.229 e. The van der Waals surface area contributed by atoms with E-state index < -0.39 is 17.5 Å². The summed E-state index contributed by atoms with van der Waals surface area (Å²) < 4.78 is 51.6. The first-order valence-electron chi connectivity index (χ1n) is 7.99. The topological polar surface area (TPSA) is 68.3 Å². The first-order valence-corrected chi connectivity index (χ1v) is 7.99. The first kappa shape index (κ1) is 17.0. The summed E-state index contributed by atoms with van der Waals surface area (Å²) in [4.78, 5) is 7.79. The Balaban J connectivity index is 1.57. The maximum Gasteiger partial charge on any atom is 0.229 e. The van der Waals surface area contributed by atoms with Crippen molar-refractivity contribution in [3.05, 3.63) is 60.0 Å². The van der Waals surface area contributed by atoms with Crippen molar-refractivity contribution in [1.29, 1.82) is 0 Å². The average Bonchev–Trinajstić information content (AvgIpc) is 2.63. The minimum absolute atomic E-state index is 0.0264. The fourth-order valence-electron chi connectivity index (χ4n) is 2.53. The van der Waals surface area contributed by atoms with Crippen molar-refractivity contribution in [2.24, 2.45) is 0 Å². The summed E-state index contributed by atoms with van der Waals surface area (Å²) in [6.45, 7) is 0.895. The highest BCUT2D eigenvalue weighted by Crippen LogP contribution is 2.33. The van der Waals surface area contributed by atoms with Crippen molar-refractivity contribution in [3.8, 4) is 11.5 Å². The number of halogens is 3. The maximum atomic E-state index is 14.1. The zero-order valence-electron chi connectivity index (χ0n) is 13.8. The predicted molar refractivity (Wildman–Crippen MR) is 92.3 cm³/mol. The second-order valence-electron chi connectivity index (χ2n) is 5.66. The van der Waals surface area contributed by atoms with Gasteiger partial charge in [-0.15, -0.1) is 0 Å². The average molecular weight is 374 g/mol. The summed E-state index contributed by atoms with van der Waals surface area (Å²) >= 11 is 0. The van der Waals surface area contributed by atoms with Crippen molar-refractivity contribution in [1.82, 2.24) is 9.97 Å². The van der Waals surface area contributed by atoms with E-state index in [0.29, 0.717) is 30.4 Å². The van der Waals surface area contributed by atoms with Gasteiger partial charge < -0.3 is 20.1 Å². The molecule has 0 fully saturated rings. The minimum Gasteiger partial charge on any atom is -0.486 e. The highest BCUT2D eigenvalue weighted by Gasteiger charge is 2.14. The second-order valence-corrected chi connectivity index (χ2v) is 5.66. The normalized spacial score (nSPS) is 12.6. The summed E-state index contributed by atoms with van der Waals surface area (Å²) in [5.74, 6) is -1.20. The highest BCUT2D eigenvalue weighted by molar-refractivity contribution is 5.63. The third-order valence-electron chi connectivity index (χ3n) is 3.67. The quantitative estimate of drug-likeness (QED) is 0.715. The van der Waals surface area contributed by atoms with Crippen molar-refractivity contribution < 1.29 is 22.6 Å². The molecule has 4 rings (SSSR count). The molecule has 0 amide bonds. The third kappa shape index (κ3) is 3.86. The van der Waals surface area contributed by atoms with Gasteiger partial charge >= 0.3 is 0 Å². The largest absolute Gasteiger partial charge is 0.486 e. The van der Waals surface area contributed by atoms with Gasteiger partial charge in [0.15, 0.2) is 23.1 Å². The maximum absolute atomic E-state index is 14.1. The Morgan fingerprint density at radius 3 is 2.33 bits per heavy atom. The van der Waals surface area contributed by atoms with E-state index in [4.69, 9.17) is 9.47 Å². The Labute approximate surface area is 152 Å². The van der Waals surface area contributed by atoms with Crippen LogP contribution < -0.4 is 20.1 Å². The van der Waals surface area contributed by atoms with Crippen LogP contribution in [0.25, 0.3) is 0 Å². The molecule has 0 atom stereocenters. The summed E-state index contributed by atoms with van der Waals surface area (Å²) in [5, 5.41) is 5.46. The van der Waals surface area contributed by atoms with E-state index in [1.807, 2.05) is 0 Å². The molecule has 6 nitrogen and oxygen atoms in total. The molecule has 9 heteroatoms. The molecule has 0 aliphatic carbocycles. The molecule has 1 aromatic heterocycles. The number of ether oxygens (including phenoxy) is 2. The molecule has 0 unspecified atom stereocenters. The van der Waals surface area contributed by atoms with Gasteiger partial charge in [0, 0.05) is 23.5 Å². The lowest BCUT2D eigenvalue weighted by Crippen LogP contribution is -2.15. The van der Waals surface area contributed by atoms with Crippen LogP contribution in [0.15, 0.2) is 42.6 Å². The zero-order chi connectivity index (χ0) is 18.8. The molecule has 0 saturated heterocycles. The van der Waals surface area contributed by atoms with Gasteiger partial charge in [-0.2, -0.15) is 4.98 Å². The number of rotatable bonds is 4. The molecule has 0 radical (unpaired) electrons. The van der Waals surface area contributed by atoms with Gasteiger partial charge in [-0.3, -0.25) is 0 Å². The van der Waals surface area contributed by atoms with E-state index in [2.05, 4.69) is 20.6 Å². The Morgan fingerprint density at radius 2 is 1.56 bits per heavy atom. The number of hydrogen-bond acceptors (Lipinski definition) is 6. The van der Waals surface area contributed by atoms with Gasteiger partial charge in [-0.05, 0) is 24.3 Å². The van der Waals surface area contributed by atoms with Crippen LogP contribution in [0.5, 0.6) is 11.5 Å². The van der Waals surface area contributed by atoms with Crippen LogP contribution in [-0.2, 0) is 0 Å². The lowest BCUT2D eigenvalue weighted by molar-refractivity contribution is 0.171. The zero-order valence-corrected chi connectivity index (χ0v) is 13.8. The molecule has 2 heterocycles. The van der Waals surface area contributed by atoms with Gasteiger partial charge in [-0.25, -0.2) is 18.2 Å². The molecule has 138 valence electrons. The molecule has 0 bridgehead atoms. The van der Waals surface area contributed by atoms with Crippen LogP contribution in [0.3, 0.4) is 0 Å². The van der Waals surface area contributed by atoms with E-state index in [0.717, 1.165) is 24.4 Å². The summed E-state index contributed by atoms with van der Waals surface area (Å²) in [5.41, 5.74) is 0.629. The van der Waals surface area contributed by atoms with Gasteiger partial charge in [0.25, 0.3) is 0 Å². The van der Waals surface area contributed by atoms with Crippen LogP contribution in [0.1, 0.15) is 0 Å². The number of aromatic nitrogens is 2. The Morgan fingerprint density at radius 1 is 0.815 bits per heavy atom. The third-order valence-corrected chi connectivity index (χ3v) is 3.67. The van der Waals surface area contributed by atoms with E-state index in [1.165, 1.54) is 0 Å². The highest BCUT2D eigenvalue weighted by atomic mass is 19.1. The lowest BCUT2D eigenvalue weighted by atomic mass is 10.2. The standard InChI is InChI=1S/C18H13F3N4O2/c19-10-5-11(20)7-13(6-10)24-18-22-9-14(21)17(25-18)23-12-1-2-15-16(8-12)27-4-3-26-15/h1-2,5-9H,3-4H2,(H2,22,23,24,25). The van der Waals surface area contributed by atoms with Gasteiger partial charge in [0.2, 0.25) is 5.95 Å². The summed E-state index contributed by atoms with van der Waals surface area (Å²) in [6.07, 6.45) is 0.950. The molecule has 3 aromatic rings. The molecule has 2 aromatic carbocycles. The fraction of sp³-hybridized carbons (Fsp3) is 0.111. The molecule has 2 N–H and O–H groups in total. The summed E-state index contributed by atoms with van der Waals surface area (Å²) in [7, 11) is 0. The molecule has 1 aliphatic heterocycles. The number of anilines is 4. The van der Waals surface area contributed by atoms with E-state index >= 15 is 0 Å². The number of hydrogen-bond donors (Lipinski definition) is 2. The van der Waals surface area contributed by atoms with Crippen molar-refractivity contribution in [2.45, 2.75) is 0 Å².